The van der Waals surface area contributed by atoms with Crippen LogP contribution in [0.5, 0.6) is 0 Å². The summed E-state index contributed by atoms with van der Waals surface area (Å²) in [5.41, 5.74) is 1.10. The minimum absolute atomic E-state index is 0.154. The predicted molar refractivity (Wildman–Crippen MR) is 89.1 cm³/mol. The lowest BCUT2D eigenvalue weighted by Gasteiger charge is -2.16. The highest BCUT2D eigenvalue weighted by Gasteiger charge is 2.11. The highest BCUT2D eigenvalue weighted by Crippen LogP contribution is 2.21. The Labute approximate surface area is 132 Å². The summed E-state index contributed by atoms with van der Waals surface area (Å²) < 4.78 is 30.1. The number of benzene rings is 1. The van der Waals surface area contributed by atoms with Crippen molar-refractivity contribution >= 4 is 27.8 Å². The number of hydrogen-bond donors (Lipinski definition) is 1. The van der Waals surface area contributed by atoms with Crippen molar-refractivity contribution in [1.29, 1.82) is 0 Å². The van der Waals surface area contributed by atoms with Gasteiger partial charge in [0.2, 0.25) is 0 Å². The predicted octanol–water partition coefficient (Wildman–Crippen LogP) is 4.68. The van der Waals surface area contributed by atoms with Crippen LogP contribution < -0.4 is 0 Å². The second-order valence-corrected chi connectivity index (χ2v) is 7.61. The third kappa shape index (κ3) is 8.24. The third-order valence-corrected chi connectivity index (χ3v) is 4.51. The van der Waals surface area contributed by atoms with E-state index in [0.717, 1.165) is 23.4 Å². The average Bonchev–Trinajstić information content (AvgIpc) is 2.38. The molecule has 0 aromatic heterocycles. The van der Waals surface area contributed by atoms with E-state index < -0.39 is 10.1 Å². The molecule has 0 spiro atoms. The summed E-state index contributed by atoms with van der Waals surface area (Å²) in [5.74, 6) is 0.722. The molecule has 0 aliphatic carbocycles. The van der Waals surface area contributed by atoms with Crippen LogP contribution in [0.15, 0.2) is 30.3 Å². The van der Waals surface area contributed by atoms with E-state index in [9.17, 15) is 8.42 Å². The summed E-state index contributed by atoms with van der Waals surface area (Å²) in [5, 5.41) is 0.720. The van der Waals surface area contributed by atoms with Gasteiger partial charge in [0.25, 0.3) is 10.1 Å². The van der Waals surface area contributed by atoms with E-state index in [0.29, 0.717) is 18.3 Å². The van der Waals surface area contributed by atoms with Crippen LogP contribution in [0.3, 0.4) is 0 Å². The van der Waals surface area contributed by atoms with Crippen molar-refractivity contribution in [3.8, 4) is 0 Å². The molecule has 0 amide bonds. The topological polar surface area (TPSA) is 54.4 Å². The molecule has 0 radical (unpaired) electrons. The molecule has 21 heavy (non-hydrogen) atoms. The van der Waals surface area contributed by atoms with Gasteiger partial charge in [-0.05, 0) is 42.4 Å². The van der Waals surface area contributed by atoms with Gasteiger partial charge in [0, 0.05) is 5.02 Å². The molecule has 1 N–H and O–H groups in total. The molecule has 1 atom stereocenters. The van der Waals surface area contributed by atoms with E-state index in [-0.39, 0.29) is 5.75 Å². The van der Waals surface area contributed by atoms with Crippen LogP contribution in [0.2, 0.25) is 5.02 Å². The van der Waals surface area contributed by atoms with Crippen LogP contribution >= 0.6 is 11.6 Å². The zero-order chi connectivity index (χ0) is 15.9. The average molecular weight is 331 g/mol. The summed E-state index contributed by atoms with van der Waals surface area (Å²) in [4.78, 5) is 0. The van der Waals surface area contributed by atoms with Gasteiger partial charge in [-0.2, -0.15) is 8.42 Å². The minimum atomic E-state index is -3.83. The van der Waals surface area contributed by atoms with Crippen molar-refractivity contribution in [3.63, 3.8) is 0 Å². The monoisotopic (exact) mass is 330 g/mol. The van der Waals surface area contributed by atoms with Crippen LogP contribution in [-0.2, 0) is 10.1 Å². The summed E-state index contributed by atoms with van der Waals surface area (Å²) in [6.45, 7) is 4.30. The summed E-state index contributed by atoms with van der Waals surface area (Å²) in [6.07, 6.45) is 6.44. The fourth-order valence-corrected chi connectivity index (χ4v) is 2.82. The van der Waals surface area contributed by atoms with Crippen molar-refractivity contribution in [2.75, 3.05) is 5.75 Å². The molecule has 3 nitrogen and oxygen atoms in total. The molecule has 118 valence electrons. The highest BCUT2D eigenvalue weighted by molar-refractivity contribution is 7.85. The highest BCUT2D eigenvalue weighted by atomic mass is 35.5. The summed E-state index contributed by atoms with van der Waals surface area (Å²) in [6, 6.07) is 7.65. The smallest absolute Gasteiger partial charge is 0.264 e. The first kappa shape index (κ1) is 18.2. The molecule has 0 fully saturated rings. The first-order valence-corrected chi connectivity index (χ1v) is 9.15. The summed E-state index contributed by atoms with van der Waals surface area (Å²) in [7, 11) is -3.83. The van der Waals surface area contributed by atoms with E-state index in [4.69, 9.17) is 16.2 Å². The molecular formula is C16H23ClO3S. The van der Waals surface area contributed by atoms with Crippen molar-refractivity contribution in [3.05, 3.63) is 40.9 Å². The number of hydrogen-bond acceptors (Lipinski definition) is 2. The normalized spacial score (nSPS) is 14.0. The van der Waals surface area contributed by atoms with Crippen molar-refractivity contribution in [2.24, 2.45) is 11.8 Å². The van der Waals surface area contributed by atoms with Crippen molar-refractivity contribution in [1.82, 2.24) is 0 Å². The lowest BCUT2D eigenvalue weighted by atomic mass is 9.90. The van der Waals surface area contributed by atoms with Gasteiger partial charge in [0.05, 0.1) is 5.75 Å². The fourth-order valence-electron chi connectivity index (χ4n) is 2.12. The van der Waals surface area contributed by atoms with Gasteiger partial charge in [-0.15, -0.1) is 0 Å². The van der Waals surface area contributed by atoms with Gasteiger partial charge >= 0.3 is 0 Å². The Morgan fingerprint density at radius 2 is 1.81 bits per heavy atom. The SMILES string of the molecule is CC(C)[C@@H](/C=C/c1ccc(Cl)cc1)CCCCS(=O)(=O)O. The molecule has 0 saturated carbocycles. The number of rotatable bonds is 8. The summed E-state index contributed by atoms with van der Waals surface area (Å²) >= 11 is 5.85. The maximum atomic E-state index is 10.7. The molecule has 0 aliphatic rings. The van der Waals surface area contributed by atoms with E-state index >= 15 is 0 Å². The zero-order valence-corrected chi connectivity index (χ0v) is 14.1. The van der Waals surface area contributed by atoms with E-state index in [1.165, 1.54) is 0 Å². The van der Waals surface area contributed by atoms with Crippen molar-refractivity contribution in [2.45, 2.75) is 33.1 Å². The van der Waals surface area contributed by atoms with Crippen LogP contribution in [-0.4, -0.2) is 18.7 Å². The lowest BCUT2D eigenvalue weighted by molar-refractivity contribution is 0.421. The Balaban J connectivity index is 2.51. The molecular weight excluding hydrogens is 308 g/mol. The molecule has 0 bridgehead atoms. The molecule has 0 saturated heterocycles. The van der Waals surface area contributed by atoms with E-state index in [1.54, 1.807) is 0 Å². The molecule has 0 heterocycles. The Hall–Kier alpha value is -0.840. The first-order valence-electron chi connectivity index (χ1n) is 7.17. The fraction of sp³-hybridized carbons (Fsp3) is 0.500. The van der Waals surface area contributed by atoms with Crippen LogP contribution in [0.25, 0.3) is 6.08 Å². The van der Waals surface area contributed by atoms with Crippen LogP contribution in [0.4, 0.5) is 0 Å². The Kier molecular flexibility index (Phi) is 7.43. The zero-order valence-electron chi connectivity index (χ0n) is 12.5. The maximum absolute atomic E-state index is 10.7. The van der Waals surface area contributed by atoms with E-state index in [2.05, 4.69) is 26.0 Å². The second-order valence-electron chi connectivity index (χ2n) is 5.60. The maximum Gasteiger partial charge on any atom is 0.264 e. The van der Waals surface area contributed by atoms with Crippen LogP contribution in [0.1, 0.15) is 38.7 Å². The molecule has 1 rings (SSSR count). The second kappa shape index (κ2) is 8.57. The lowest BCUT2D eigenvalue weighted by Crippen LogP contribution is -2.08. The Morgan fingerprint density at radius 1 is 1.19 bits per heavy atom. The van der Waals surface area contributed by atoms with Gasteiger partial charge in [-0.25, -0.2) is 0 Å². The minimum Gasteiger partial charge on any atom is -0.286 e. The van der Waals surface area contributed by atoms with Crippen LogP contribution in [0, 0.1) is 11.8 Å². The molecule has 0 unspecified atom stereocenters. The number of unbranched alkanes of at least 4 members (excludes halogenated alkanes) is 1. The molecule has 0 aliphatic heterocycles. The largest absolute Gasteiger partial charge is 0.286 e. The van der Waals surface area contributed by atoms with Gasteiger partial charge in [0.15, 0.2) is 0 Å². The number of allylic oxidation sites excluding steroid dienone is 1. The van der Waals surface area contributed by atoms with Crippen molar-refractivity contribution < 1.29 is 13.0 Å². The molecule has 1 aromatic carbocycles. The van der Waals surface area contributed by atoms with Gasteiger partial charge in [0.1, 0.15) is 0 Å². The van der Waals surface area contributed by atoms with Gasteiger partial charge < -0.3 is 0 Å². The number of halogens is 1. The molecule has 5 heteroatoms. The van der Waals surface area contributed by atoms with Gasteiger partial charge in [-0.1, -0.05) is 56.2 Å². The van der Waals surface area contributed by atoms with E-state index in [1.807, 2.05) is 24.3 Å². The quantitative estimate of drug-likeness (QED) is 0.556. The Morgan fingerprint density at radius 3 is 2.33 bits per heavy atom. The third-order valence-electron chi connectivity index (χ3n) is 3.45. The molecule has 1 aromatic rings. The first-order chi connectivity index (χ1) is 9.78. The standard InChI is InChI=1S/C16H23ClO3S/c1-13(2)15(5-3-4-12-21(18,19)20)9-6-14-7-10-16(17)11-8-14/h6-11,13,15H,3-5,12H2,1-2H3,(H,18,19,20)/b9-6+/t15-/m1/s1. The van der Waals surface area contributed by atoms with Gasteiger partial charge in [-0.3, -0.25) is 4.55 Å². The Bertz CT molecular complexity index is 547.